The Hall–Kier alpha value is -4.39. The molecule has 7 nitrogen and oxygen atoms in total. The Morgan fingerprint density at radius 1 is 1.00 bits per heavy atom. The first-order valence-electron chi connectivity index (χ1n) is 11.1. The van der Waals surface area contributed by atoms with Crippen LogP contribution < -0.4 is 10.3 Å². The summed E-state index contributed by atoms with van der Waals surface area (Å²) >= 11 is 0. The van der Waals surface area contributed by atoms with Gasteiger partial charge in [-0.2, -0.15) is 0 Å². The van der Waals surface area contributed by atoms with Gasteiger partial charge in [-0.1, -0.05) is 24.3 Å². The van der Waals surface area contributed by atoms with Crippen molar-refractivity contribution in [3.05, 3.63) is 83.9 Å². The quantitative estimate of drug-likeness (QED) is 0.329. The predicted molar refractivity (Wildman–Crippen MR) is 130 cm³/mol. The van der Waals surface area contributed by atoms with E-state index in [0.29, 0.717) is 52.7 Å². The monoisotopic (exact) mass is 453 g/mol. The van der Waals surface area contributed by atoms with Crippen LogP contribution in [0.5, 0.6) is 5.75 Å². The van der Waals surface area contributed by atoms with E-state index in [1.54, 1.807) is 31.2 Å². The van der Waals surface area contributed by atoms with E-state index in [-0.39, 0.29) is 5.97 Å². The highest BCUT2D eigenvalue weighted by atomic mass is 16.5. The average Bonchev–Trinajstić information content (AvgIpc) is 3.29. The molecule has 5 aromatic rings. The molecule has 0 saturated carbocycles. The number of benzene rings is 3. The number of carbonyl (C=O) groups excluding carboxylic acids is 1. The van der Waals surface area contributed by atoms with Crippen LogP contribution >= 0.6 is 0 Å². The number of nitrogens with zero attached hydrogens (tertiary/aromatic N) is 2. The molecule has 0 aliphatic heterocycles. The van der Waals surface area contributed by atoms with Crippen molar-refractivity contribution in [2.24, 2.45) is 4.99 Å². The molecule has 3 aromatic carbocycles. The lowest BCUT2D eigenvalue weighted by Gasteiger charge is -2.08. The molecule has 7 heteroatoms. The van der Waals surface area contributed by atoms with Gasteiger partial charge in [0, 0.05) is 5.39 Å². The van der Waals surface area contributed by atoms with E-state index < -0.39 is 0 Å². The van der Waals surface area contributed by atoms with Crippen LogP contribution in [0.3, 0.4) is 0 Å². The number of esters is 1. The Morgan fingerprint density at radius 2 is 1.82 bits per heavy atom. The zero-order valence-electron chi connectivity index (χ0n) is 18.9. The molecule has 0 atom stereocenters. The number of para-hydroxylation sites is 3. The summed E-state index contributed by atoms with van der Waals surface area (Å²) in [6.07, 6.45) is 0. The number of nitrogens with one attached hydrogen (secondary N) is 1. The molecule has 2 aromatic heterocycles. The minimum Gasteiger partial charge on any atom is -0.490 e. The molecule has 0 saturated heterocycles. The zero-order valence-corrected chi connectivity index (χ0v) is 18.9. The predicted octanol–water partition coefficient (Wildman–Crippen LogP) is 5.78. The van der Waals surface area contributed by atoms with E-state index in [9.17, 15) is 4.79 Å². The standard InChI is InChI=1S/C27H23N3O4/c1-3-32-23-11-7-8-18-16-20(25-29-21-9-5-6-10-22(21)30-25)26(34-24(18)23)28-19-14-12-17(13-15-19)27(31)33-4-2/h5-16H,3-4H2,1-2H3,(H,29,30). The minimum atomic E-state index is -0.367. The summed E-state index contributed by atoms with van der Waals surface area (Å²) in [4.78, 5) is 24.8. The molecule has 0 aliphatic rings. The Kier molecular flexibility index (Phi) is 5.82. The molecule has 170 valence electrons. The van der Waals surface area contributed by atoms with Crippen molar-refractivity contribution >= 4 is 33.7 Å². The minimum absolute atomic E-state index is 0.323. The number of aromatic amines is 1. The molecule has 0 amide bonds. The van der Waals surface area contributed by atoms with Crippen LogP contribution in [-0.4, -0.2) is 29.2 Å². The maximum absolute atomic E-state index is 12.0. The van der Waals surface area contributed by atoms with Crippen LogP contribution in [0.4, 0.5) is 5.69 Å². The number of H-pyrrole nitrogens is 1. The molecule has 0 bridgehead atoms. The lowest BCUT2D eigenvalue weighted by molar-refractivity contribution is 0.0526. The van der Waals surface area contributed by atoms with Gasteiger partial charge in [0.05, 0.1) is 41.1 Å². The molecule has 0 spiro atoms. The van der Waals surface area contributed by atoms with Crippen molar-refractivity contribution in [2.75, 3.05) is 13.2 Å². The van der Waals surface area contributed by atoms with E-state index in [0.717, 1.165) is 16.4 Å². The molecule has 0 fully saturated rings. The summed E-state index contributed by atoms with van der Waals surface area (Å²) in [6.45, 7) is 4.54. The third-order valence-electron chi connectivity index (χ3n) is 5.29. The number of aromatic nitrogens is 2. The largest absolute Gasteiger partial charge is 0.490 e. The molecule has 34 heavy (non-hydrogen) atoms. The zero-order chi connectivity index (χ0) is 23.5. The molecular weight excluding hydrogens is 430 g/mol. The van der Waals surface area contributed by atoms with E-state index in [4.69, 9.17) is 23.9 Å². The smallest absolute Gasteiger partial charge is 0.338 e. The van der Waals surface area contributed by atoms with Gasteiger partial charge in [0.2, 0.25) is 5.55 Å². The SMILES string of the molecule is CCOC(=O)c1ccc(N=c2oc3c(OCC)cccc3cc2-c2nc3ccccc3[nH]2)cc1. The van der Waals surface area contributed by atoms with Gasteiger partial charge in [-0.25, -0.2) is 14.8 Å². The molecule has 0 unspecified atom stereocenters. The fraction of sp³-hybridized carbons (Fsp3) is 0.148. The first-order chi connectivity index (χ1) is 16.7. The van der Waals surface area contributed by atoms with Crippen LogP contribution in [0.25, 0.3) is 33.4 Å². The van der Waals surface area contributed by atoms with Crippen molar-refractivity contribution in [2.45, 2.75) is 13.8 Å². The fourth-order valence-electron chi connectivity index (χ4n) is 3.73. The van der Waals surface area contributed by atoms with E-state index in [1.807, 2.05) is 55.5 Å². The van der Waals surface area contributed by atoms with Gasteiger partial charge in [0.1, 0.15) is 5.82 Å². The first-order valence-corrected chi connectivity index (χ1v) is 11.1. The van der Waals surface area contributed by atoms with Crippen molar-refractivity contribution < 1.29 is 18.7 Å². The maximum atomic E-state index is 12.0. The van der Waals surface area contributed by atoms with Crippen molar-refractivity contribution in [3.8, 4) is 17.1 Å². The lowest BCUT2D eigenvalue weighted by Crippen LogP contribution is -2.07. The van der Waals surface area contributed by atoms with Gasteiger partial charge in [-0.05, 0) is 62.4 Å². The highest BCUT2D eigenvalue weighted by molar-refractivity contribution is 5.90. The Morgan fingerprint density at radius 3 is 2.59 bits per heavy atom. The fourth-order valence-corrected chi connectivity index (χ4v) is 3.73. The summed E-state index contributed by atoms with van der Waals surface area (Å²) in [6, 6.07) is 22.5. The van der Waals surface area contributed by atoms with Crippen molar-refractivity contribution in [1.82, 2.24) is 9.97 Å². The van der Waals surface area contributed by atoms with Gasteiger partial charge in [-0.3, -0.25) is 0 Å². The van der Waals surface area contributed by atoms with Gasteiger partial charge >= 0.3 is 5.97 Å². The number of ether oxygens (including phenoxy) is 2. The molecule has 5 rings (SSSR count). The Bertz CT molecular complexity index is 1520. The van der Waals surface area contributed by atoms with Gasteiger partial charge in [0.15, 0.2) is 11.3 Å². The van der Waals surface area contributed by atoms with Crippen molar-refractivity contribution in [1.29, 1.82) is 0 Å². The molecule has 1 N–H and O–H groups in total. The van der Waals surface area contributed by atoms with Crippen LogP contribution in [0.15, 0.2) is 82.2 Å². The second-order valence-corrected chi connectivity index (χ2v) is 7.55. The second-order valence-electron chi connectivity index (χ2n) is 7.55. The van der Waals surface area contributed by atoms with Crippen LogP contribution in [0, 0.1) is 0 Å². The van der Waals surface area contributed by atoms with Gasteiger partial charge in [0.25, 0.3) is 0 Å². The molecule has 2 heterocycles. The van der Waals surface area contributed by atoms with E-state index >= 15 is 0 Å². The number of rotatable bonds is 6. The summed E-state index contributed by atoms with van der Waals surface area (Å²) in [5, 5.41) is 0.873. The van der Waals surface area contributed by atoms with E-state index in [1.165, 1.54) is 0 Å². The lowest BCUT2D eigenvalue weighted by atomic mass is 10.1. The van der Waals surface area contributed by atoms with Crippen LogP contribution in [0.2, 0.25) is 0 Å². The molecule has 0 aliphatic carbocycles. The highest BCUT2D eigenvalue weighted by Gasteiger charge is 2.14. The maximum Gasteiger partial charge on any atom is 0.338 e. The number of carbonyl (C=O) groups is 1. The number of hydrogen-bond acceptors (Lipinski definition) is 6. The normalized spacial score (nSPS) is 11.8. The van der Waals surface area contributed by atoms with Crippen LogP contribution in [0.1, 0.15) is 24.2 Å². The highest BCUT2D eigenvalue weighted by Crippen LogP contribution is 2.28. The van der Waals surface area contributed by atoms with Crippen LogP contribution in [-0.2, 0) is 4.74 Å². The second kappa shape index (κ2) is 9.23. The van der Waals surface area contributed by atoms with Crippen molar-refractivity contribution in [3.63, 3.8) is 0 Å². The Balaban J connectivity index is 1.70. The third kappa shape index (κ3) is 4.15. The number of fused-ring (bicyclic) bond motifs is 2. The number of hydrogen-bond donors (Lipinski definition) is 1. The average molecular weight is 453 g/mol. The van der Waals surface area contributed by atoms with Gasteiger partial charge in [-0.15, -0.1) is 0 Å². The topological polar surface area (TPSA) is 89.7 Å². The first kappa shape index (κ1) is 21.5. The van der Waals surface area contributed by atoms with E-state index in [2.05, 4.69) is 4.98 Å². The summed E-state index contributed by atoms with van der Waals surface area (Å²) in [5.41, 5.74) is 4.56. The molecule has 0 radical (unpaired) electrons. The van der Waals surface area contributed by atoms with Gasteiger partial charge < -0.3 is 18.9 Å². The molecular formula is C27H23N3O4. The number of imidazole rings is 1. The summed E-state index contributed by atoms with van der Waals surface area (Å²) in [5.74, 6) is 0.926. The Labute approximate surface area is 195 Å². The summed E-state index contributed by atoms with van der Waals surface area (Å²) in [7, 11) is 0. The summed E-state index contributed by atoms with van der Waals surface area (Å²) < 4.78 is 17.1. The third-order valence-corrected chi connectivity index (χ3v) is 5.29.